The second-order valence-electron chi connectivity index (χ2n) is 10.4. The molecule has 3 N–H and O–H groups in total. The lowest BCUT2D eigenvalue weighted by Gasteiger charge is -2.40. The molecule has 0 aliphatic carbocycles. The van der Waals surface area contributed by atoms with Crippen LogP contribution in [0.3, 0.4) is 0 Å². The third kappa shape index (κ3) is 6.60. The van der Waals surface area contributed by atoms with Gasteiger partial charge >= 0.3 is 0 Å². The Kier molecular flexibility index (Phi) is 9.39. The highest BCUT2D eigenvalue weighted by molar-refractivity contribution is 5.88. The number of rotatable bonds is 11. The summed E-state index contributed by atoms with van der Waals surface area (Å²) >= 11 is 0. The summed E-state index contributed by atoms with van der Waals surface area (Å²) in [4.78, 5) is 21.4. The molecule has 216 valence electrons. The van der Waals surface area contributed by atoms with Crippen molar-refractivity contribution in [2.75, 3.05) is 52.3 Å². The standard InChI is InChI=1S/C29H36F2N4O5/c1-34(2)25-18-32-24-5-4-21(39-3)17-23(24)27(25)26(36)6-7-29(28(37)33-38)8-10-35(11-9-29)12-13-40-22-15-19(30)14-20(31)16-22/h4-5,14-18,26,36,38H,6-13H2,1-3H3,(H,33,37). The number of aliphatic hydroxyl groups excluding tert-OH is 1. The molecule has 40 heavy (non-hydrogen) atoms. The minimum Gasteiger partial charge on any atom is -0.497 e. The van der Waals surface area contributed by atoms with E-state index in [1.54, 1.807) is 13.3 Å². The maximum atomic E-state index is 13.4. The van der Waals surface area contributed by atoms with Crippen LogP contribution in [0.4, 0.5) is 14.5 Å². The lowest BCUT2D eigenvalue weighted by Crippen LogP contribution is -2.49. The largest absolute Gasteiger partial charge is 0.497 e. The number of piperidine rings is 1. The Bertz CT molecular complexity index is 1310. The smallest absolute Gasteiger partial charge is 0.249 e. The minimum absolute atomic E-state index is 0.121. The van der Waals surface area contributed by atoms with Gasteiger partial charge in [0.2, 0.25) is 5.91 Å². The number of pyridine rings is 1. The van der Waals surface area contributed by atoms with Gasteiger partial charge in [-0.3, -0.25) is 19.9 Å². The van der Waals surface area contributed by atoms with Crippen LogP contribution in [-0.2, 0) is 4.79 Å². The van der Waals surface area contributed by atoms with Crippen molar-refractivity contribution in [2.24, 2.45) is 5.41 Å². The number of nitrogens with zero attached hydrogens (tertiary/aromatic N) is 3. The number of benzene rings is 2. The van der Waals surface area contributed by atoms with Crippen LogP contribution in [0.5, 0.6) is 11.5 Å². The molecule has 1 atom stereocenters. The van der Waals surface area contributed by atoms with E-state index in [1.807, 2.05) is 42.7 Å². The van der Waals surface area contributed by atoms with Crippen molar-refractivity contribution in [3.63, 3.8) is 0 Å². The van der Waals surface area contributed by atoms with Crippen LogP contribution in [0.25, 0.3) is 10.9 Å². The van der Waals surface area contributed by atoms with Gasteiger partial charge in [-0.1, -0.05) is 0 Å². The molecule has 0 spiro atoms. The van der Waals surface area contributed by atoms with Crippen molar-refractivity contribution in [1.29, 1.82) is 0 Å². The van der Waals surface area contributed by atoms with E-state index in [0.29, 0.717) is 56.6 Å². The van der Waals surface area contributed by atoms with Gasteiger partial charge in [0.1, 0.15) is 29.7 Å². The number of aliphatic hydroxyl groups is 1. The number of methoxy groups -OCH3 is 1. The fourth-order valence-electron chi connectivity index (χ4n) is 5.39. The van der Waals surface area contributed by atoms with E-state index in [9.17, 15) is 23.9 Å². The SMILES string of the molecule is COc1ccc2ncc(N(C)C)c(C(O)CCC3(C(=O)NO)CCN(CCOc4cc(F)cc(F)c4)CC3)c2c1. The number of carbonyl (C=O) groups excluding carboxylic acids is 1. The molecule has 11 heteroatoms. The van der Waals surface area contributed by atoms with Gasteiger partial charge in [0.25, 0.3) is 0 Å². The molecule has 1 aliphatic heterocycles. The summed E-state index contributed by atoms with van der Waals surface area (Å²) in [5.74, 6) is -1.11. The Hall–Kier alpha value is -3.54. The first-order valence-electron chi connectivity index (χ1n) is 13.2. The molecule has 1 unspecified atom stereocenters. The number of carbonyl (C=O) groups is 1. The molecule has 9 nitrogen and oxygen atoms in total. The molecular formula is C29H36F2N4O5. The van der Waals surface area contributed by atoms with Gasteiger partial charge in [0.15, 0.2) is 0 Å². The maximum Gasteiger partial charge on any atom is 0.249 e. The second kappa shape index (κ2) is 12.8. The quantitative estimate of drug-likeness (QED) is 0.239. The monoisotopic (exact) mass is 558 g/mol. The Morgan fingerprint density at radius 1 is 1.15 bits per heavy atom. The molecule has 1 aliphatic rings. The van der Waals surface area contributed by atoms with Gasteiger partial charge in [0, 0.05) is 49.8 Å². The highest BCUT2D eigenvalue weighted by Gasteiger charge is 2.41. The van der Waals surface area contributed by atoms with Crippen LogP contribution in [0, 0.1) is 17.0 Å². The molecule has 1 amide bonds. The molecule has 0 bridgehead atoms. The number of anilines is 1. The number of nitrogens with one attached hydrogen (secondary N) is 1. The molecule has 0 saturated carbocycles. The molecule has 2 heterocycles. The Labute approximate surface area is 232 Å². The predicted octanol–water partition coefficient (Wildman–Crippen LogP) is 4.07. The average Bonchev–Trinajstić information content (AvgIpc) is 2.94. The summed E-state index contributed by atoms with van der Waals surface area (Å²) in [6, 6.07) is 8.56. The van der Waals surface area contributed by atoms with E-state index in [2.05, 4.69) is 9.88 Å². The number of ether oxygens (including phenoxy) is 2. The number of amides is 1. The Morgan fingerprint density at radius 3 is 2.48 bits per heavy atom. The van der Waals surface area contributed by atoms with Gasteiger partial charge in [0.05, 0.1) is 36.0 Å². The average molecular weight is 559 g/mol. The number of aromatic nitrogens is 1. The lowest BCUT2D eigenvalue weighted by molar-refractivity contribution is -0.143. The summed E-state index contributed by atoms with van der Waals surface area (Å²) in [6.07, 6.45) is 2.41. The van der Waals surface area contributed by atoms with Crippen LogP contribution < -0.4 is 19.9 Å². The van der Waals surface area contributed by atoms with Crippen LogP contribution >= 0.6 is 0 Å². The molecular weight excluding hydrogens is 522 g/mol. The summed E-state index contributed by atoms with van der Waals surface area (Å²) in [6.45, 7) is 1.85. The molecule has 1 aromatic heterocycles. The highest BCUT2D eigenvalue weighted by Crippen LogP contribution is 2.41. The highest BCUT2D eigenvalue weighted by atomic mass is 19.1. The first-order valence-corrected chi connectivity index (χ1v) is 13.2. The third-order valence-corrected chi connectivity index (χ3v) is 7.72. The lowest BCUT2D eigenvalue weighted by atomic mass is 9.73. The fourth-order valence-corrected chi connectivity index (χ4v) is 5.39. The topological polar surface area (TPSA) is 107 Å². The van der Waals surface area contributed by atoms with E-state index in [1.165, 1.54) is 0 Å². The van der Waals surface area contributed by atoms with Crippen LogP contribution in [0.15, 0.2) is 42.6 Å². The summed E-state index contributed by atoms with van der Waals surface area (Å²) < 4.78 is 37.7. The number of halogens is 2. The normalized spacial score (nSPS) is 16.0. The maximum absolute atomic E-state index is 13.4. The zero-order valence-electron chi connectivity index (χ0n) is 23.0. The van der Waals surface area contributed by atoms with Crippen molar-refractivity contribution >= 4 is 22.5 Å². The van der Waals surface area contributed by atoms with Crippen LogP contribution in [-0.4, -0.2) is 73.6 Å². The molecule has 3 aromatic rings. The molecule has 2 aromatic carbocycles. The number of hydrogen-bond donors (Lipinski definition) is 3. The Morgan fingerprint density at radius 2 is 1.85 bits per heavy atom. The van der Waals surface area contributed by atoms with Crippen LogP contribution in [0.1, 0.15) is 37.4 Å². The van der Waals surface area contributed by atoms with Crippen molar-refractivity contribution in [1.82, 2.24) is 15.4 Å². The first kappa shape index (κ1) is 29.4. The predicted molar refractivity (Wildman–Crippen MR) is 147 cm³/mol. The number of hydroxylamine groups is 1. The number of hydrogen-bond acceptors (Lipinski definition) is 8. The van der Waals surface area contributed by atoms with Gasteiger partial charge in [-0.15, -0.1) is 0 Å². The van der Waals surface area contributed by atoms with Crippen molar-refractivity contribution < 1.29 is 33.4 Å². The van der Waals surface area contributed by atoms with Gasteiger partial charge < -0.3 is 19.5 Å². The van der Waals surface area contributed by atoms with E-state index in [-0.39, 0.29) is 12.4 Å². The zero-order valence-corrected chi connectivity index (χ0v) is 23.0. The second-order valence-corrected chi connectivity index (χ2v) is 10.4. The van der Waals surface area contributed by atoms with Crippen molar-refractivity contribution in [2.45, 2.75) is 31.8 Å². The summed E-state index contributed by atoms with van der Waals surface area (Å²) in [5.41, 5.74) is 3.16. The van der Waals surface area contributed by atoms with E-state index < -0.39 is 29.1 Å². The fraction of sp³-hybridized carbons (Fsp3) is 0.448. The van der Waals surface area contributed by atoms with Gasteiger partial charge in [-0.2, -0.15) is 0 Å². The first-order chi connectivity index (χ1) is 19.2. The molecule has 1 saturated heterocycles. The minimum atomic E-state index is -0.892. The number of likely N-dealkylation sites (tertiary alicyclic amines) is 1. The van der Waals surface area contributed by atoms with Crippen molar-refractivity contribution in [3.8, 4) is 11.5 Å². The van der Waals surface area contributed by atoms with Gasteiger partial charge in [-0.25, -0.2) is 14.3 Å². The van der Waals surface area contributed by atoms with Crippen LogP contribution in [0.2, 0.25) is 0 Å². The van der Waals surface area contributed by atoms with Gasteiger partial charge in [-0.05, 0) is 57.0 Å². The molecule has 4 rings (SSSR count). The molecule has 1 fully saturated rings. The Balaban J connectivity index is 1.44. The summed E-state index contributed by atoms with van der Waals surface area (Å²) in [5, 5.41) is 21.8. The van der Waals surface area contributed by atoms with E-state index in [0.717, 1.165) is 34.8 Å². The van der Waals surface area contributed by atoms with E-state index >= 15 is 0 Å². The third-order valence-electron chi connectivity index (χ3n) is 7.72. The number of fused-ring (bicyclic) bond motifs is 1. The zero-order chi connectivity index (χ0) is 28.9. The van der Waals surface area contributed by atoms with Crippen molar-refractivity contribution in [3.05, 3.63) is 59.8 Å². The van der Waals surface area contributed by atoms with E-state index in [4.69, 9.17) is 9.47 Å². The molecule has 0 radical (unpaired) electrons. The summed E-state index contributed by atoms with van der Waals surface area (Å²) in [7, 11) is 5.34.